The maximum absolute atomic E-state index is 12.4. The van der Waals surface area contributed by atoms with Crippen LogP contribution in [-0.2, 0) is 10.0 Å². The van der Waals surface area contributed by atoms with Gasteiger partial charge in [0.2, 0.25) is 0 Å². The number of hydrazine groups is 1. The Hall–Kier alpha value is -2.89. The van der Waals surface area contributed by atoms with Crippen molar-refractivity contribution in [1.82, 2.24) is 9.97 Å². The van der Waals surface area contributed by atoms with Crippen molar-refractivity contribution in [3.05, 3.63) is 64.7 Å². The fourth-order valence-corrected chi connectivity index (χ4v) is 4.78. The van der Waals surface area contributed by atoms with Crippen molar-refractivity contribution in [3.63, 3.8) is 0 Å². The van der Waals surface area contributed by atoms with Crippen molar-refractivity contribution in [3.8, 4) is 0 Å². The second-order valence-electron chi connectivity index (χ2n) is 5.97. The molecule has 148 valence electrons. The van der Waals surface area contributed by atoms with E-state index in [2.05, 4.69) is 41.5 Å². The van der Waals surface area contributed by atoms with Crippen molar-refractivity contribution in [2.24, 2.45) is 0 Å². The van der Waals surface area contributed by atoms with Crippen LogP contribution in [0.25, 0.3) is 10.8 Å². The summed E-state index contributed by atoms with van der Waals surface area (Å²) in [6.45, 7) is 0. The van der Waals surface area contributed by atoms with E-state index in [1.54, 1.807) is 23.7 Å². The van der Waals surface area contributed by atoms with E-state index in [4.69, 9.17) is 5.73 Å². The molecule has 0 bridgehead atoms. The first kappa shape index (κ1) is 19.4. The van der Waals surface area contributed by atoms with E-state index in [1.807, 2.05) is 18.2 Å². The molecule has 2 heterocycles. The highest BCUT2D eigenvalue weighted by atomic mass is 79.9. The van der Waals surface area contributed by atoms with Crippen LogP contribution in [0.5, 0.6) is 0 Å². The minimum absolute atomic E-state index is 0.133. The molecule has 2 aromatic carbocycles. The summed E-state index contributed by atoms with van der Waals surface area (Å²) in [6.07, 6.45) is 3.24. The van der Waals surface area contributed by atoms with Crippen LogP contribution in [0.3, 0.4) is 0 Å². The van der Waals surface area contributed by atoms with Gasteiger partial charge < -0.3 is 11.2 Å². The third kappa shape index (κ3) is 4.26. The largest absolute Gasteiger partial charge is 0.382 e. The van der Waals surface area contributed by atoms with Gasteiger partial charge in [-0.15, -0.1) is 11.3 Å². The summed E-state index contributed by atoms with van der Waals surface area (Å²) >= 11 is 4.67. The van der Waals surface area contributed by atoms with Gasteiger partial charge in [0.25, 0.3) is 10.0 Å². The quantitative estimate of drug-likeness (QED) is 0.297. The lowest BCUT2D eigenvalue weighted by molar-refractivity contribution is 0.601. The summed E-state index contributed by atoms with van der Waals surface area (Å²) in [4.78, 5) is 8.26. The number of rotatable bonds is 6. The summed E-state index contributed by atoms with van der Waals surface area (Å²) in [7, 11) is -3.69. The molecule has 29 heavy (non-hydrogen) atoms. The molecule has 11 heteroatoms. The Kier molecular flexibility index (Phi) is 5.26. The zero-order chi connectivity index (χ0) is 20.4. The normalized spacial score (nSPS) is 11.3. The van der Waals surface area contributed by atoms with E-state index < -0.39 is 10.0 Å². The predicted octanol–water partition coefficient (Wildman–Crippen LogP) is 4.28. The highest BCUT2D eigenvalue weighted by molar-refractivity contribution is 9.10. The van der Waals surface area contributed by atoms with Crippen molar-refractivity contribution < 1.29 is 8.42 Å². The topological polar surface area (TPSA) is 122 Å². The summed E-state index contributed by atoms with van der Waals surface area (Å²) in [5.41, 5.74) is 13.4. The molecule has 4 rings (SSSR count). The summed E-state index contributed by atoms with van der Waals surface area (Å²) in [5.74, 6) is 0.343. The molecule has 5 N–H and O–H groups in total. The van der Waals surface area contributed by atoms with Crippen molar-refractivity contribution in [2.75, 3.05) is 21.3 Å². The van der Waals surface area contributed by atoms with Crippen LogP contribution in [0.1, 0.15) is 0 Å². The monoisotopic (exact) mass is 490 g/mol. The fourth-order valence-electron chi connectivity index (χ4n) is 2.63. The molecule has 4 aromatic rings. The van der Waals surface area contributed by atoms with Crippen LogP contribution in [0.2, 0.25) is 0 Å². The predicted molar refractivity (Wildman–Crippen MR) is 120 cm³/mol. The lowest BCUT2D eigenvalue weighted by Gasteiger charge is -2.14. The molecule has 0 fully saturated rings. The molecule has 0 amide bonds. The molecule has 0 aliphatic heterocycles. The number of anilines is 4. The number of aromatic nitrogens is 2. The first-order valence-electron chi connectivity index (χ1n) is 8.30. The summed E-state index contributed by atoms with van der Waals surface area (Å²) in [5, 5.41) is 3.84. The molecular formula is C18H15BrN6O2S2. The van der Waals surface area contributed by atoms with E-state index in [0.29, 0.717) is 22.3 Å². The minimum atomic E-state index is -3.69. The molecule has 0 aliphatic carbocycles. The maximum Gasteiger partial charge on any atom is 0.263 e. The number of sulfonamides is 1. The molecule has 8 nitrogen and oxygen atoms in total. The van der Waals surface area contributed by atoms with Crippen molar-refractivity contribution in [1.29, 1.82) is 0 Å². The van der Waals surface area contributed by atoms with Gasteiger partial charge in [0, 0.05) is 33.0 Å². The highest BCUT2D eigenvalue weighted by Gasteiger charge is 2.15. The van der Waals surface area contributed by atoms with Gasteiger partial charge in [-0.1, -0.05) is 22.0 Å². The van der Waals surface area contributed by atoms with Crippen LogP contribution < -0.4 is 21.3 Å². The average Bonchev–Trinajstić information content (AvgIpc) is 3.20. The molecule has 0 spiro atoms. The number of nitrogens with two attached hydrogens (primary N) is 1. The van der Waals surface area contributed by atoms with Gasteiger partial charge in [-0.2, -0.15) is 0 Å². The van der Waals surface area contributed by atoms with Crippen molar-refractivity contribution in [2.45, 2.75) is 4.90 Å². The Labute approximate surface area is 179 Å². The number of fused-ring (bicyclic) bond motifs is 1. The van der Waals surface area contributed by atoms with Crippen LogP contribution >= 0.6 is 27.3 Å². The SMILES string of the molecule is Nc1ncc2ccc(Br)cc2c1NNc1ccc(S(=O)(=O)Nc2nccs2)cc1. The Morgan fingerprint density at radius 3 is 2.55 bits per heavy atom. The molecule has 2 aromatic heterocycles. The molecule has 0 atom stereocenters. The number of hydrogen-bond donors (Lipinski definition) is 4. The number of halogens is 1. The number of benzene rings is 2. The Morgan fingerprint density at radius 1 is 1.03 bits per heavy atom. The zero-order valence-corrected chi connectivity index (χ0v) is 18.0. The van der Waals surface area contributed by atoms with Crippen LogP contribution in [0, 0.1) is 0 Å². The van der Waals surface area contributed by atoms with E-state index in [0.717, 1.165) is 15.2 Å². The Morgan fingerprint density at radius 2 is 1.83 bits per heavy atom. The van der Waals surface area contributed by atoms with Gasteiger partial charge in [-0.3, -0.25) is 10.1 Å². The lowest BCUT2D eigenvalue weighted by Crippen LogP contribution is -2.14. The molecular weight excluding hydrogens is 476 g/mol. The average molecular weight is 491 g/mol. The number of pyridine rings is 1. The zero-order valence-electron chi connectivity index (χ0n) is 14.8. The second-order valence-corrected chi connectivity index (χ2v) is 9.46. The number of thiazole rings is 1. The smallest absolute Gasteiger partial charge is 0.263 e. The highest BCUT2D eigenvalue weighted by Crippen LogP contribution is 2.30. The van der Waals surface area contributed by atoms with Gasteiger partial charge >= 0.3 is 0 Å². The molecule has 0 aliphatic rings. The number of nitrogens with one attached hydrogen (secondary N) is 3. The third-order valence-electron chi connectivity index (χ3n) is 4.03. The van der Waals surface area contributed by atoms with Crippen LogP contribution in [0.4, 0.5) is 22.3 Å². The molecule has 0 saturated carbocycles. The standard InChI is InChI=1S/C18H15BrN6O2S2/c19-12-2-1-11-10-22-17(20)16(15(11)9-12)24-23-13-3-5-14(6-4-13)29(26,27)25-18-21-7-8-28-18/h1-10,23-24H,(H2,20,22)(H,21,25). The van der Waals surface area contributed by atoms with Gasteiger partial charge in [-0.25, -0.2) is 18.4 Å². The summed E-state index contributed by atoms with van der Waals surface area (Å²) in [6, 6.07) is 12.1. The Bertz CT molecular complexity index is 1260. The van der Waals surface area contributed by atoms with E-state index in [-0.39, 0.29) is 4.90 Å². The number of nitrogens with zero attached hydrogens (tertiary/aromatic N) is 2. The molecule has 0 radical (unpaired) electrons. The number of nitrogen functional groups attached to an aromatic ring is 1. The minimum Gasteiger partial charge on any atom is -0.382 e. The first-order valence-corrected chi connectivity index (χ1v) is 11.5. The van der Waals surface area contributed by atoms with Gasteiger partial charge in [0.05, 0.1) is 10.6 Å². The lowest BCUT2D eigenvalue weighted by atomic mass is 10.1. The van der Waals surface area contributed by atoms with Crippen molar-refractivity contribution >= 4 is 70.4 Å². The van der Waals surface area contributed by atoms with Gasteiger partial charge in [0.15, 0.2) is 5.13 Å². The van der Waals surface area contributed by atoms with Gasteiger partial charge in [0.1, 0.15) is 11.5 Å². The summed E-state index contributed by atoms with van der Waals surface area (Å²) < 4.78 is 28.2. The molecule has 0 unspecified atom stereocenters. The fraction of sp³-hybridized carbons (Fsp3) is 0. The van der Waals surface area contributed by atoms with E-state index in [1.165, 1.54) is 29.7 Å². The maximum atomic E-state index is 12.4. The van der Waals surface area contributed by atoms with E-state index in [9.17, 15) is 8.42 Å². The number of hydrogen-bond acceptors (Lipinski definition) is 8. The van der Waals surface area contributed by atoms with Crippen LogP contribution in [-0.4, -0.2) is 18.4 Å². The van der Waals surface area contributed by atoms with Gasteiger partial charge in [-0.05, 0) is 36.4 Å². The Balaban J connectivity index is 1.52. The first-order chi connectivity index (χ1) is 13.9. The second kappa shape index (κ2) is 7.85. The van der Waals surface area contributed by atoms with E-state index >= 15 is 0 Å². The van der Waals surface area contributed by atoms with Crippen LogP contribution in [0.15, 0.2) is 69.6 Å². The molecule has 0 saturated heterocycles. The third-order valence-corrected chi connectivity index (χ3v) is 6.70.